The van der Waals surface area contributed by atoms with E-state index >= 15 is 0 Å². The molecule has 0 aliphatic carbocycles. The van der Waals surface area contributed by atoms with Gasteiger partial charge in [0.1, 0.15) is 11.5 Å². The monoisotopic (exact) mass is 338 g/mol. The van der Waals surface area contributed by atoms with E-state index in [1.54, 1.807) is 31.8 Å². The van der Waals surface area contributed by atoms with Crippen LogP contribution in [0.15, 0.2) is 53.5 Å². The van der Waals surface area contributed by atoms with E-state index in [4.69, 9.17) is 9.47 Å². The summed E-state index contributed by atoms with van der Waals surface area (Å²) in [6, 6.07) is 15.8. The van der Waals surface area contributed by atoms with Crippen molar-refractivity contribution in [2.45, 2.75) is 6.92 Å². The number of hydrogen-bond acceptors (Lipinski definition) is 5. The van der Waals surface area contributed by atoms with Gasteiger partial charge in [0.15, 0.2) is 0 Å². The smallest absolute Gasteiger partial charge is 0.209 e. The maximum atomic E-state index is 5.39. The summed E-state index contributed by atoms with van der Waals surface area (Å²) in [4.78, 5) is 10.3. The van der Waals surface area contributed by atoms with E-state index in [1.165, 1.54) is 0 Å². The lowest BCUT2D eigenvalue weighted by Crippen LogP contribution is -1.92. The number of thiazole rings is 1. The standard InChI is InChI=1S/C19H18N2O2S/c1-13-18(14-7-5-4-6-8-14)21-19(24-13)20-12-15-9-10-16(22-2)11-17(15)23-3/h4-12H,1-3H3/b20-12+. The summed E-state index contributed by atoms with van der Waals surface area (Å²) in [6.07, 6.45) is 1.77. The summed E-state index contributed by atoms with van der Waals surface area (Å²) in [5.41, 5.74) is 2.97. The van der Waals surface area contributed by atoms with Crippen LogP contribution in [0.1, 0.15) is 10.4 Å². The Kier molecular flexibility index (Phi) is 4.91. The topological polar surface area (TPSA) is 43.7 Å². The van der Waals surface area contributed by atoms with Gasteiger partial charge in [-0.25, -0.2) is 9.98 Å². The average molecular weight is 338 g/mol. The van der Waals surface area contributed by atoms with Crippen LogP contribution in [0.5, 0.6) is 11.5 Å². The Bertz CT molecular complexity index is 857. The molecule has 5 heteroatoms. The van der Waals surface area contributed by atoms with Crippen LogP contribution in [0.3, 0.4) is 0 Å². The molecule has 24 heavy (non-hydrogen) atoms. The molecule has 0 spiro atoms. The molecular weight excluding hydrogens is 320 g/mol. The molecule has 4 nitrogen and oxygen atoms in total. The Morgan fingerprint density at radius 1 is 1.04 bits per heavy atom. The van der Waals surface area contributed by atoms with E-state index in [-0.39, 0.29) is 0 Å². The van der Waals surface area contributed by atoms with Gasteiger partial charge in [-0.2, -0.15) is 0 Å². The van der Waals surface area contributed by atoms with Crippen molar-refractivity contribution in [1.29, 1.82) is 0 Å². The van der Waals surface area contributed by atoms with Gasteiger partial charge in [0, 0.05) is 28.3 Å². The van der Waals surface area contributed by atoms with E-state index < -0.39 is 0 Å². The molecule has 0 fully saturated rings. The molecule has 0 amide bonds. The highest BCUT2D eigenvalue weighted by atomic mass is 32.1. The number of rotatable bonds is 5. The van der Waals surface area contributed by atoms with Crippen molar-refractivity contribution in [1.82, 2.24) is 4.98 Å². The zero-order valence-electron chi connectivity index (χ0n) is 13.8. The van der Waals surface area contributed by atoms with E-state index in [1.807, 2.05) is 36.4 Å². The van der Waals surface area contributed by atoms with Gasteiger partial charge in [-0.15, -0.1) is 0 Å². The van der Waals surface area contributed by atoms with E-state index in [0.29, 0.717) is 0 Å². The molecule has 0 saturated heterocycles. The van der Waals surface area contributed by atoms with Gasteiger partial charge in [-0.05, 0) is 19.1 Å². The molecule has 0 aliphatic rings. The van der Waals surface area contributed by atoms with Crippen LogP contribution >= 0.6 is 11.3 Å². The van der Waals surface area contributed by atoms with Crippen LogP contribution in [0.4, 0.5) is 5.13 Å². The number of nitrogens with zero attached hydrogens (tertiary/aromatic N) is 2. The average Bonchev–Trinajstić information content (AvgIpc) is 3.01. The molecule has 0 radical (unpaired) electrons. The van der Waals surface area contributed by atoms with Crippen LogP contribution in [-0.4, -0.2) is 25.4 Å². The summed E-state index contributed by atoms with van der Waals surface area (Å²) in [5, 5.41) is 0.726. The molecule has 1 aromatic heterocycles. The molecule has 3 rings (SSSR count). The quantitative estimate of drug-likeness (QED) is 0.622. The minimum absolute atomic E-state index is 0.717. The van der Waals surface area contributed by atoms with Crippen molar-refractivity contribution in [2.24, 2.45) is 4.99 Å². The third kappa shape index (κ3) is 3.46. The molecule has 0 N–H and O–H groups in total. The fourth-order valence-electron chi connectivity index (χ4n) is 2.35. The molecule has 0 unspecified atom stereocenters. The predicted octanol–water partition coefficient (Wildman–Crippen LogP) is 4.89. The molecule has 2 aromatic carbocycles. The minimum Gasteiger partial charge on any atom is -0.497 e. The van der Waals surface area contributed by atoms with Gasteiger partial charge in [0.2, 0.25) is 5.13 Å². The summed E-state index contributed by atoms with van der Waals surface area (Å²) in [7, 11) is 3.26. The third-order valence-electron chi connectivity index (χ3n) is 3.59. The minimum atomic E-state index is 0.717. The van der Waals surface area contributed by atoms with Crippen molar-refractivity contribution < 1.29 is 9.47 Å². The second-order valence-corrected chi connectivity index (χ2v) is 6.31. The predicted molar refractivity (Wildman–Crippen MR) is 99.1 cm³/mol. The number of hydrogen-bond donors (Lipinski definition) is 0. The number of aromatic nitrogens is 1. The highest BCUT2D eigenvalue weighted by Gasteiger charge is 2.09. The molecule has 0 aliphatic heterocycles. The Labute approximate surface area is 145 Å². The Morgan fingerprint density at radius 3 is 2.54 bits per heavy atom. The Balaban J connectivity index is 1.88. The van der Waals surface area contributed by atoms with E-state index in [2.05, 4.69) is 29.0 Å². The van der Waals surface area contributed by atoms with Gasteiger partial charge >= 0.3 is 0 Å². The third-order valence-corrected chi connectivity index (χ3v) is 4.47. The van der Waals surface area contributed by atoms with Crippen LogP contribution in [0.25, 0.3) is 11.3 Å². The number of aliphatic imine (C=N–C) groups is 1. The Hall–Kier alpha value is -2.66. The van der Waals surface area contributed by atoms with Crippen LogP contribution in [0, 0.1) is 6.92 Å². The van der Waals surface area contributed by atoms with E-state index in [9.17, 15) is 0 Å². The number of benzene rings is 2. The molecule has 1 heterocycles. The van der Waals surface area contributed by atoms with E-state index in [0.717, 1.165) is 38.3 Å². The zero-order chi connectivity index (χ0) is 16.9. The van der Waals surface area contributed by atoms with Gasteiger partial charge in [-0.1, -0.05) is 41.7 Å². The lowest BCUT2D eigenvalue weighted by atomic mass is 10.1. The fourth-order valence-corrected chi connectivity index (χ4v) is 3.13. The zero-order valence-corrected chi connectivity index (χ0v) is 14.6. The van der Waals surface area contributed by atoms with Crippen LogP contribution in [-0.2, 0) is 0 Å². The summed E-state index contributed by atoms with van der Waals surface area (Å²) in [5.74, 6) is 1.47. The number of aryl methyl sites for hydroxylation is 1. The largest absolute Gasteiger partial charge is 0.497 e. The number of ether oxygens (including phenoxy) is 2. The summed E-state index contributed by atoms with van der Waals surface area (Å²) >= 11 is 1.58. The molecule has 0 saturated carbocycles. The van der Waals surface area contributed by atoms with Crippen molar-refractivity contribution in [3.05, 3.63) is 59.0 Å². The second kappa shape index (κ2) is 7.27. The lowest BCUT2D eigenvalue weighted by molar-refractivity contribution is 0.394. The summed E-state index contributed by atoms with van der Waals surface area (Å²) in [6.45, 7) is 2.06. The van der Waals surface area contributed by atoms with Gasteiger partial charge < -0.3 is 9.47 Å². The maximum Gasteiger partial charge on any atom is 0.209 e. The number of methoxy groups -OCH3 is 2. The van der Waals surface area contributed by atoms with Crippen molar-refractivity contribution in [3.8, 4) is 22.8 Å². The second-order valence-electron chi connectivity index (χ2n) is 5.13. The van der Waals surface area contributed by atoms with Crippen molar-refractivity contribution in [3.63, 3.8) is 0 Å². The van der Waals surface area contributed by atoms with Crippen LogP contribution in [0.2, 0.25) is 0 Å². The molecular formula is C19H18N2O2S. The maximum absolute atomic E-state index is 5.39. The first-order chi connectivity index (χ1) is 11.7. The molecule has 3 aromatic rings. The van der Waals surface area contributed by atoms with Gasteiger partial charge in [-0.3, -0.25) is 0 Å². The first kappa shape index (κ1) is 16.2. The first-order valence-corrected chi connectivity index (χ1v) is 8.32. The molecule has 0 bridgehead atoms. The van der Waals surface area contributed by atoms with Gasteiger partial charge in [0.05, 0.1) is 19.9 Å². The fraction of sp³-hybridized carbons (Fsp3) is 0.158. The highest BCUT2D eigenvalue weighted by Crippen LogP contribution is 2.32. The Morgan fingerprint density at radius 2 is 1.83 bits per heavy atom. The first-order valence-electron chi connectivity index (χ1n) is 7.50. The SMILES string of the molecule is COc1ccc(/C=N/c2nc(-c3ccccc3)c(C)s2)c(OC)c1. The van der Waals surface area contributed by atoms with Crippen molar-refractivity contribution in [2.75, 3.05) is 14.2 Å². The normalized spacial score (nSPS) is 11.0. The van der Waals surface area contributed by atoms with Crippen LogP contribution < -0.4 is 9.47 Å². The molecule has 122 valence electrons. The molecule has 0 atom stereocenters. The lowest BCUT2D eigenvalue weighted by Gasteiger charge is -2.06. The van der Waals surface area contributed by atoms with Gasteiger partial charge in [0.25, 0.3) is 0 Å². The summed E-state index contributed by atoms with van der Waals surface area (Å²) < 4.78 is 10.6. The van der Waals surface area contributed by atoms with Crippen molar-refractivity contribution >= 4 is 22.7 Å². The highest BCUT2D eigenvalue weighted by molar-refractivity contribution is 7.15.